The number of imidazole rings is 1. The molecule has 2 N–H and O–H groups in total. The third-order valence-corrected chi connectivity index (χ3v) is 6.66. The molecule has 0 bridgehead atoms. The maximum absolute atomic E-state index is 13.6. The van der Waals surface area contributed by atoms with Crippen LogP contribution in [-0.2, 0) is 17.8 Å². The molecule has 184 valence electrons. The van der Waals surface area contributed by atoms with Crippen LogP contribution in [0.5, 0.6) is 0 Å². The molecule has 6 rings (SSSR count). The number of nitrogens with one attached hydrogen (secondary N) is 2. The molecule has 1 atom stereocenters. The summed E-state index contributed by atoms with van der Waals surface area (Å²) in [5, 5.41) is 6.24. The molecule has 1 saturated heterocycles. The predicted molar refractivity (Wildman–Crippen MR) is 133 cm³/mol. The van der Waals surface area contributed by atoms with Gasteiger partial charge >= 0.3 is 0 Å². The number of halogens is 1. The molecule has 0 spiro atoms. The Balaban J connectivity index is 1.38. The number of carbonyl (C=O) groups is 1. The van der Waals surface area contributed by atoms with E-state index >= 15 is 0 Å². The first-order chi connectivity index (χ1) is 17.5. The number of rotatable bonds is 6. The Morgan fingerprint density at radius 2 is 2.11 bits per heavy atom. The number of hydrogen-bond acceptors (Lipinski definition) is 7. The number of hydrogen-bond donors (Lipinski definition) is 2. The first-order valence-corrected chi connectivity index (χ1v) is 11.9. The summed E-state index contributed by atoms with van der Waals surface area (Å²) in [6, 6.07) is 4.83. The second kappa shape index (κ2) is 8.96. The second-order valence-electron chi connectivity index (χ2n) is 9.46. The van der Waals surface area contributed by atoms with E-state index in [0.29, 0.717) is 36.1 Å². The average Bonchev–Trinajstić information content (AvgIpc) is 3.60. The molecule has 0 radical (unpaired) electrons. The van der Waals surface area contributed by atoms with Crippen molar-refractivity contribution < 1.29 is 13.9 Å². The predicted octanol–water partition coefficient (Wildman–Crippen LogP) is 3.48. The van der Waals surface area contributed by atoms with Crippen molar-refractivity contribution in [3.63, 3.8) is 0 Å². The van der Waals surface area contributed by atoms with Gasteiger partial charge in [0.15, 0.2) is 0 Å². The fourth-order valence-electron chi connectivity index (χ4n) is 5.02. The van der Waals surface area contributed by atoms with Crippen molar-refractivity contribution in [1.82, 2.24) is 29.6 Å². The molecule has 2 aliphatic heterocycles. The number of amides is 1. The van der Waals surface area contributed by atoms with Gasteiger partial charge in [-0.05, 0) is 43.8 Å². The van der Waals surface area contributed by atoms with Gasteiger partial charge in [0.05, 0.1) is 41.6 Å². The van der Waals surface area contributed by atoms with Gasteiger partial charge in [-0.2, -0.15) is 0 Å². The fraction of sp³-hybridized carbons (Fsp3) is 0.308. The van der Waals surface area contributed by atoms with Gasteiger partial charge < -0.3 is 20.3 Å². The van der Waals surface area contributed by atoms with E-state index in [-0.39, 0.29) is 11.7 Å². The van der Waals surface area contributed by atoms with Gasteiger partial charge in [0.2, 0.25) is 0 Å². The highest BCUT2D eigenvalue weighted by molar-refractivity contribution is 6.05. The van der Waals surface area contributed by atoms with Crippen LogP contribution < -0.4 is 10.6 Å². The van der Waals surface area contributed by atoms with Crippen LogP contribution in [0.4, 0.5) is 15.9 Å². The Morgan fingerprint density at radius 3 is 2.92 bits per heavy atom. The van der Waals surface area contributed by atoms with Crippen molar-refractivity contribution in [2.75, 3.05) is 32.6 Å². The van der Waals surface area contributed by atoms with Gasteiger partial charge in [0.1, 0.15) is 17.3 Å². The van der Waals surface area contributed by atoms with Crippen molar-refractivity contribution in [2.45, 2.75) is 25.4 Å². The van der Waals surface area contributed by atoms with Gasteiger partial charge in [-0.3, -0.25) is 14.2 Å². The van der Waals surface area contributed by atoms with Crippen LogP contribution in [0.1, 0.15) is 39.5 Å². The van der Waals surface area contributed by atoms with E-state index in [4.69, 9.17) is 9.72 Å². The Labute approximate surface area is 207 Å². The first-order valence-electron chi connectivity index (χ1n) is 11.9. The van der Waals surface area contributed by atoms with Crippen molar-refractivity contribution in [3.8, 4) is 11.3 Å². The standard InChI is InChI=1S/C26H26FN7O2/c1-33(2)13-16-7-18(9-29-24(16)15-4-6-36-14-15)32-25-23-20(11-31-26(23)35)19(10-30-25)21-12-28-22-8-17(27)3-5-34(21)22/h3,5,7-10,12,15H,4,6,11,13-14H2,1-2H3,(H,30,32)(H,31,35)/t15-/m0/s1. The number of aromatic nitrogens is 4. The minimum Gasteiger partial charge on any atom is -0.381 e. The van der Waals surface area contributed by atoms with E-state index < -0.39 is 0 Å². The highest BCUT2D eigenvalue weighted by atomic mass is 19.1. The van der Waals surface area contributed by atoms with Crippen molar-refractivity contribution in [3.05, 3.63) is 71.2 Å². The molecule has 4 aromatic heterocycles. The summed E-state index contributed by atoms with van der Waals surface area (Å²) < 4.78 is 21.0. The Bertz CT molecular complexity index is 1480. The zero-order chi connectivity index (χ0) is 24.8. The third kappa shape index (κ3) is 3.98. The quantitative estimate of drug-likeness (QED) is 0.430. The zero-order valence-electron chi connectivity index (χ0n) is 20.1. The molecule has 10 heteroatoms. The lowest BCUT2D eigenvalue weighted by Gasteiger charge is -2.19. The van der Waals surface area contributed by atoms with E-state index in [1.165, 1.54) is 12.1 Å². The number of fused-ring (bicyclic) bond motifs is 2. The van der Waals surface area contributed by atoms with Gasteiger partial charge in [0.25, 0.3) is 5.91 Å². The Kier molecular flexibility index (Phi) is 5.62. The summed E-state index contributed by atoms with van der Waals surface area (Å²) in [7, 11) is 4.06. The van der Waals surface area contributed by atoms with Crippen LogP contribution in [0, 0.1) is 5.82 Å². The summed E-state index contributed by atoms with van der Waals surface area (Å²) in [4.78, 5) is 28.7. The lowest BCUT2D eigenvalue weighted by atomic mass is 9.98. The molecule has 0 aliphatic carbocycles. The molecular formula is C26H26FN7O2. The zero-order valence-corrected chi connectivity index (χ0v) is 20.1. The van der Waals surface area contributed by atoms with Gasteiger partial charge in [-0.15, -0.1) is 0 Å². The van der Waals surface area contributed by atoms with Gasteiger partial charge in [-0.25, -0.2) is 14.4 Å². The minimum atomic E-state index is -0.354. The fourth-order valence-corrected chi connectivity index (χ4v) is 5.02. The smallest absolute Gasteiger partial charge is 0.255 e. The third-order valence-electron chi connectivity index (χ3n) is 6.66. The monoisotopic (exact) mass is 487 g/mol. The average molecular weight is 488 g/mol. The Morgan fingerprint density at radius 1 is 1.22 bits per heavy atom. The van der Waals surface area contributed by atoms with Crippen LogP contribution in [-0.4, -0.2) is 57.5 Å². The van der Waals surface area contributed by atoms with Crippen LogP contribution >= 0.6 is 0 Å². The van der Waals surface area contributed by atoms with Gasteiger partial charge in [-0.1, -0.05) is 0 Å². The van der Waals surface area contributed by atoms with Crippen LogP contribution in [0.15, 0.2) is 43.0 Å². The first kappa shape index (κ1) is 22.6. The largest absolute Gasteiger partial charge is 0.381 e. The molecule has 6 heterocycles. The number of anilines is 2. The van der Waals surface area contributed by atoms with Gasteiger partial charge in [0, 0.05) is 49.6 Å². The molecule has 36 heavy (non-hydrogen) atoms. The molecule has 2 aliphatic rings. The summed E-state index contributed by atoms with van der Waals surface area (Å²) in [6.45, 7) is 2.56. The summed E-state index contributed by atoms with van der Waals surface area (Å²) in [5.41, 5.74) is 6.27. The molecule has 0 unspecified atom stereocenters. The topological polar surface area (TPSA) is 96.7 Å². The van der Waals surface area contributed by atoms with E-state index in [0.717, 1.165) is 53.3 Å². The van der Waals surface area contributed by atoms with E-state index in [1.807, 2.05) is 14.1 Å². The Hall–Kier alpha value is -3.89. The summed E-state index contributed by atoms with van der Waals surface area (Å²) >= 11 is 0. The van der Waals surface area contributed by atoms with Crippen LogP contribution in [0.3, 0.4) is 0 Å². The maximum Gasteiger partial charge on any atom is 0.255 e. The van der Waals surface area contributed by atoms with E-state index in [2.05, 4.69) is 31.6 Å². The number of nitrogens with zero attached hydrogens (tertiary/aromatic N) is 5. The van der Waals surface area contributed by atoms with Crippen LogP contribution in [0.2, 0.25) is 0 Å². The lowest BCUT2D eigenvalue weighted by molar-refractivity contribution is 0.0966. The minimum absolute atomic E-state index is 0.192. The molecule has 9 nitrogen and oxygen atoms in total. The molecule has 0 aromatic carbocycles. The SMILES string of the molecule is CN(C)Cc1cc(Nc2ncc(-c3cnc4cc(F)ccn34)c3c2C(=O)NC3)cnc1[C@H]1CCOC1. The molecule has 1 fully saturated rings. The summed E-state index contributed by atoms with van der Waals surface area (Å²) in [6.07, 6.45) is 7.79. The van der Waals surface area contributed by atoms with E-state index in [1.54, 1.807) is 29.2 Å². The molecule has 0 saturated carbocycles. The van der Waals surface area contributed by atoms with Crippen LogP contribution in [0.25, 0.3) is 16.9 Å². The van der Waals surface area contributed by atoms with Crippen molar-refractivity contribution in [2.24, 2.45) is 0 Å². The lowest BCUT2D eigenvalue weighted by Crippen LogP contribution is -2.16. The summed E-state index contributed by atoms with van der Waals surface area (Å²) in [5.74, 6) is 0.217. The molecule has 4 aromatic rings. The number of carbonyl (C=O) groups excluding carboxylic acids is 1. The second-order valence-corrected chi connectivity index (χ2v) is 9.46. The van der Waals surface area contributed by atoms with Crippen molar-refractivity contribution in [1.29, 1.82) is 0 Å². The number of pyridine rings is 3. The molecule has 1 amide bonds. The molecular weight excluding hydrogens is 461 g/mol. The highest BCUT2D eigenvalue weighted by Gasteiger charge is 2.29. The van der Waals surface area contributed by atoms with Crippen molar-refractivity contribution >= 4 is 23.1 Å². The van der Waals surface area contributed by atoms with E-state index in [9.17, 15) is 9.18 Å². The number of ether oxygens (including phenoxy) is 1. The maximum atomic E-state index is 13.6. The normalized spacial score (nSPS) is 17.1. The highest BCUT2D eigenvalue weighted by Crippen LogP contribution is 2.35.